The van der Waals surface area contributed by atoms with Crippen molar-refractivity contribution in [2.24, 2.45) is 0 Å². The van der Waals surface area contributed by atoms with Crippen molar-refractivity contribution in [3.63, 3.8) is 0 Å². The lowest BCUT2D eigenvalue weighted by Crippen LogP contribution is -2.04. The molecule has 110 valence electrons. The first-order chi connectivity index (χ1) is 10.0. The summed E-state index contributed by atoms with van der Waals surface area (Å²) < 4.78 is 5.94. The Morgan fingerprint density at radius 3 is 2.76 bits per heavy atom. The molecule has 0 amide bonds. The fourth-order valence-electron chi connectivity index (χ4n) is 1.86. The molecule has 2 rings (SSSR count). The number of ether oxygens (including phenoxy) is 1. The van der Waals surface area contributed by atoms with Gasteiger partial charge < -0.3 is 10.1 Å². The van der Waals surface area contributed by atoms with E-state index < -0.39 is 4.92 Å². The summed E-state index contributed by atoms with van der Waals surface area (Å²) in [6.45, 7) is 0.259. The molecule has 0 heterocycles. The number of nitrogens with one attached hydrogen (secondary N) is 1. The van der Waals surface area contributed by atoms with Crippen LogP contribution in [0.2, 0.25) is 5.02 Å². The van der Waals surface area contributed by atoms with Crippen molar-refractivity contribution in [3.05, 3.63) is 61.6 Å². The Balaban J connectivity index is 2.20. The summed E-state index contributed by atoms with van der Waals surface area (Å²) in [6, 6.07) is 10.1. The van der Waals surface area contributed by atoms with Gasteiger partial charge in [0.15, 0.2) is 0 Å². The van der Waals surface area contributed by atoms with Crippen molar-refractivity contribution in [1.82, 2.24) is 0 Å². The molecule has 0 saturated heterocycles. The Kier molecular flexibility index (Phi) is 5.03. The quantitative estimate of drug-likeness (QED) is 0.614. The number of hydrogen-bond acceptors (Lipinski definition) is 4. The van der Waals surface area contributed by atoms with E-state index >= 15 is 0 Å². The van der Waals surface area contributed by atoms with Crippen molar-refractivity contribution < 1.29 is 9.66 Å². The molecule has 0 aromatic heterocycles. The lowest BCUT2D eigenvalue weighted by Gasteiger charge is -2.10. The zero-order valence-electron chi connectivity index (χ0n) is 11.1. The summed E-state index contributed by atoms with van der Waals surface area (Å²) >= 11 is 9.43. The average molecular weight is 372 g/mol. The largest absolute Gasteiger partial charge is 0.496 e. The molecule has 0 unspecified atom stereocenters. The summed E-state index contributed by atoms with van der Waals surface area (Å²) in [5.41, 5.74) is 1.26. The van der Waals surface area contributed by atoms with Crippen LogP contribution in [-0.2, 0) is 6.54 Å². The summed E-state index contributed by atoms with van der Waals surface area (Å²) in [6.07, 6.45) is 0. The Morgan fingerprint density at radius 2 is 2.14 bits per heavy atom. The molecule has 0 saturated carbocycles. The molecular weight excluding hydrogens is 360 g/mol. The van der Waals surface area contributed by atoms with Gasteiger partial charge in [-0.15, -0.1) is 0 Å². The second-order valence-corrected chi connectivity index (χ2v) is 5.46. The normalized spacial score (nSPS) is 10.2. The highest BCUT2D eigenvalue weighted by Gasteiger charge is 2.16. The van der Waals surface area contributed by atoms with Crippen LogP contribution in [0.5, 0.6) is 5.75 Å². The molecule has 0 aliphatic heterocycles. The van der Waals surface area contributed by atoms with Gasteiger partial charge >= 0.3 is 0 Å². The number of methoxy groups -OCH3 is 1. The van der Waals surface area contributed by atoms with Gasteiger partial charge in [-0.3, -0.25) is 10.1 Å². The van der Waals surface area contributed by atoms with Crippen LogP contribution in [0.3, 0.4) is 0 Å². The van der Waals surface area contributed by atoms with E-state index in [-0.39, 0.29) is 12.2 Å². The number of nitro groups is 1. The highest BCUT2D eigenvalue weighted by Crippen LogP contribution is 2.30. The molecular formula is C14H12BrClN2O3. The molecule has 0 aliphatic carbocycles. The Bertz CT molecular complexity index is 679. The highest BCUT2D eigenvalue weighted by molar-refractivity contribution is 9.10. The molecule has 2 aromatic rings. The number of nitrogens with zero attached hydrogens (tertiary/aromatic N) is 1. The standard InChI is InChI=1S/C14H12BrClN2O3/c1-21-14-6-5-9(7-11(14)15)17-8-10-12(16)3-2-4-13(10)18(19)20/h2-7,17H,8H2,1H3. The predicted molar refractivity (Wildman–Crippen MR) is 86.1 cm³/mol. The summed E-state index contributed by atoms with van der Waals surface area (Å²) in [7, 11) is 1.58. The molecule has 7 heteroatoms. The number of nitro benzene ring substituents is 1. The first-order valence-electron chi connectivity index (χ1n) is 6.02. The Morgan fingerprint density at radius 1 is 1.38 bits per heavy atom. The van der Waals surface area contributed by atoms with E-state index in [1.54, 1.807) is 25.3 Å². The van der Waals surface area contributed by atoms with Crippen LogP contribution in [0.4, 0.5) is 11.4 Å². The zero-order chi connectivity index (χ0) is 15.4. The molecule has 0 spiro atoms. The summed E-state index contributed by atoms with van der Waals surface area (Å²) in [5, 5.41) is 14.5. The van der Waals surface area contributed by atoms with Crippen LogP contribution in [0, 0.1) is 10.1 Å². The molecule has 5 nitrogen and oxygen atoms in total. The van der Waals surface area contributed by atoms with Gasteiger partial charge in [-0.2, -0.15) is 0 Å². The lowest BCUT2D eigenvalue weighted by atomic mass is 10.1. The van der Waals surface area contributed by atoms with Crippen LogP contribution in [0.25, 0.3) is 0 Å². The highest BCUT2D eigenvalue weighted by atomic mass is 79.9. The van der Waals surface area contributed by atoms with Gasteiger partial charge in [-0.25, -0.2) is 0 Å². The Labute approximate surface area is 135 Å². The van der Waals surface area contributed by atoms with Gasteiger partial charge in [-0.1, -0.05) is 17.7 Å². The minimum atomic E-state index is -0.438. The fourth-order valence-corrected chi connectivity index (χ4v) is 2.64. The van der Waals surface area contributed by atoms with Crippen molar-refractivity contribution in [2.75, 3.05) is 12.4 Å². The maximum atomic E-state index is 11.0. The van der Waals surface area contributed by atoms with Gasteiger partial charge in [0.25, 0.3) is 5.69 Å². The second kappa shape index (κ2) is 6.78. The zero-order valence-corrected chi connectivity index (χ0v) is 13.4. The van der Waals surface area contributed by atoms with E-state index in [1.807, 2.05) is 12.1 Å². The first-order valence-corrected chi connectivity index (χ1v) is 7.19. The van der Waals surface area contributed by atoms with Gasteiger partial charge in [-0.05, 0) is 40.2 Å². The van der Waals surface area contributed by atoms with E-state index in [0.29, 0.717) is 16.3 Å². The van der Waals surface area contributed by atoms with Gasteiger partial charge in [0.2, 0.25) is 0 Å². The maximum Gasteiger partial charge on any atom is 0.275 e. The lowest BCUT2D eigenvalue weighted by molar-refractivity contribution is -0.385. The molecule has 0 atom stereocenters. The Hall–Kier alpha value is -1.79. The van der Waals surface area contributed by atoms with Crippen LogP contribution in [-0.4, -0.2) is 12.0 Å². The number of benzene rings is 2. The van der Waals surface area contributed by atoms with Gasteiger partial charge in [0.1, 0.15) is 5.75 Å². The molecule has 21 heavy (non-hydrogen) atoms. The number of anilines is 1. The van der Waals surface area contributed by atoms with E-state index in [4.69, 9.17) is 16.3 Å². The van der Waals surface area contributed by atoms with Crippen molar-refractivity contribution in [2.45, 2.75) is 6.54 Å². The van der Waals surface area contributed by atoms with Crippen molar-refractivity contribution in [3.8, 4) is 5.75 Å². The molecule has 0 radical (unpaired) electrons. The van der Waals surface area contributed by atoms with Crippen LogP contribution < -0.4 is 10.1 Å². The van der Waals surface area contributed by atoms with Crippen molar-refractivity contribution >= 4 is 38.9 Å². The second-order valence-electron chi connectivity index (χ2n) is 4.20. The molecule has 0 fully saturated rings. The van der Waals surface area contributed by atoms with E-state index in [0.717, 1.165) is 10.2 Å². The van der Waals surface area contributed by atoms with Gasteiger partial charge in [0.05, 0.1) is 27.1 Å². The molecule has 1 N–H and O–H groups in total. The number of hydrogen-bond donors (Lipinski definition) is 1. The van der Waals surface area contributed by atoms with Crippen LogP contribution in [0.15, 0.2) is 40.9 Å². The molecule has 0 aliphatic rings. The maximum absolute atomic E-state index is 11.0. The number of halogens is 2. The predicted octanol–water partition coefficient (Wildman–Crippen LogP) is 4.63. The van der Waals surface area contributed by atoms with E-state index in [2.05, 4.69) is 21.2 Å². The molecule has 2 aromatic carbocycles. The third-order valence-electron chi connectivity index (χ3n) is 2.91. The fraction of sp³-hybridized carbons (Fsp3) is 0.143. The minimum absolute atomic E-state index is 0.00239. The monoisotopic (exact) mass is 370 g/mol. The van der Waals surface area contributed by atoms with Crippen LogP contribution >= 0.6 is 27.5 Å². The first kappa shape index (κ1) is 15.6. The summed E-state index contributed by atoms with van der Waals surface area (Å²) in [5.74, 6) is 0.712. The van der Waals surface area contributed by atoms with E-state index in [9.17, 15) is 10.1 Å². The van der Waals surface area contributed by atoms with Crippen molar-refractivity contribution in [1.29, 1.82) is 0 Å². The number of rotatable bonds is 5. The third-order valence-corrected chi connectivity index (χ3v) is 3.89. The van der Waals surface area contributed by atoms with Crippen LogP contribution in [0.1, 0.15) is 5.56 Å². The average Bonchev–Trinajstić information content (AvgIpc) is 2.45. The smallest absolute Gasteiger partial charge is 0.275 e. The topological polar surface area (TPSA) is 64.4 Å². The molecule has 0 bridgehead atoms. The summed E-state index contributed by atoms with van der Waals surface area (Å²) in [4.78, 5) is 10.6. The minimum Gasteiger partial charge on any atom is -0.496 e. The SMILES string of the molecule is COc1ccc(NCc2c(Cl)cccc2[N+](=O)[O-])cc1Br. The van der Waals surface area contributed by atoms with E-state index in [1.165, 1.54) is 6.07 Å². The van der Waals surface area contributed by atoms with Gasteiger partial charge in [0, 0.05) is 18.3 Å². The third kappa shape index (κ3) is 3.65.